The van der Waals surface area contributed by atoms with Crippen molar-refractivity contribution in [2.45, 2.75) is 46.0 Å². The summed E-state index contributed by atoms with van der Waals surface area (Å²) >= 11 is 1.90. The van der Waals surface area contributed by atoms with E-state index in [1.165, 1.54) is 48.7 Å². The fourth-order valence-corrected chi connectivity index (χ4v) is 4.70. The molecule has 1 aliphatic carbocycles. The van der Waals surface area contributed by atoms with Crippen LogP contribution in [0.2, 0.25) is 0 Å². The summed E-state index contributed by atoms with van der Waals surface area (Å²) in [5.74, 6) is 0.741. The highest BCUT2D eigenvalue weighted by Gasteiger charge is 2.34. The summed E-state index contributed by atoms with van der Waals surface area (Å²) in [6.45, 7) is 6.92. The zero-order valence-corrected chi connectivity index (χ0v) is 14.1. The molecule has 2 heteroatoms. The van der Waals surface area contributed by atoms with E-state index < -0.39 is 0 Å². The van der Waals surface area contributed by atoms with Crippen LogP contribution >= 0.6 is 11.3 Å². The van der Waals surface area contributed by atoms with Crippen LogP contribution in [0.4, 0.5) is 0 Å². The second kappa shape index (κ2) is 6.50. The predicted octanol–water partition coefficient (Wildman–Crippen LogP) is 5.25. The second-order valence-corrected chi connectivity index (χ2v) is 8.08. The molecule has 21 heavy (non-hydrogen) atoms. The summed E-state index contributed by atoms with van der Waals surface area (Å²) in [4.78, 5) is 0. The molecule has 0 aliphatic heterocycles. The minimum Gasteiger partial charge on any atom is -0.316 e. The van der Waals surface area contributed by atoms with Gasteiger partial charge in [0, 0.05) is 11.2 Å². The van der Waals surface area contributed by atoms with E-state index in [9.17, 15) is 0 Å². The molecular weight excluding hydrogens is 274 g/mol. The molecule has 0 saturated heterocycles. The average Bonchev–Trinajstić information content (AvgIpc) is 3.07. The van der Waals surface area contributed by atoms with Crippen LogP contribution in [0.1, 0.15) is 45.1 Å². The minimum atomic E-state index is 0.499. The predicted molar refractivity (Wildman–Crippen MR) is 94.1 cm³/mol. The van der Waals surface area contributed by atoms with Crippen molar-refractivity contribution in [1.29, 1.82) is 0 Å². The van der Waals surface area contributed by atoms with E-state index in [-0.39, 0.29) is 0 Å². The Morgan fingerprint density at radius 3 is 2.71 bits per heavy atom. The van der Waals surface area contributed by atoms with Crippen molar-refractivity contribution in [3.05, 3.63) is 35.2 Å². The highest BCUT2D eigenvalue weighted by Crippen LogP contribution is 2.42. The molecule has 1 aromatic carbocycles. The number of benzene rings is 1. The first-order valence-corrected chi connectivity index (χ1v) is 9.22. The first kappa shape index (κ1) is 15.1. The normalized spacial score (nSPS) is 17.9. The van der Waals surface area contributed by atoms with E-state index in [0.717, 1.165) is 12.5 Å². The molecular formula is C19H27NS. The summed E-state index contributed by atoms with van der Waals surface area (Å²) in [5.41, 5.74) is 2.07. The molecule has 1 N–H and O–H groups in total. The number of rotatable bonds is 6. The Labute approximate surface area is 132 Å². The van der Waals surface area contributed by atoms with Gasteiger partial charge in [-0.25, -0.2) is 0 Å². The third kappa shape index (κ3) is 3.49. The standard InChI is InChI=1S/C19H27NS/c1-15(2)12-20-14-19(9-5-6-10-19)11-16-13-21-18-8-4-3-7-17(16)18/h3-4,7-8,13,15,20H,5-6,9-12,14H2,1-2H3. The first-order chi connectivity index (χ1) is 10.2. The average molecular weight is 301 g/mol. The molecule has 1 fully saturated rings. The van der Waals surface area contributed by atoms with E-state index in [4.69, 9.17) is 0 Å². The Kier molecular flexibility index (Phi) is 4.66. The lowest BCUT2D eigenvalue weighted by molar-refractivity contribution is 0.274. The van der Waals surface area contributed by atoms with Gasteiger partial charge in [0.25, 0.3) is 0 Å². The molecule has 0 spiro atoms. The summed E-state index contributed by atoms with van der Waals surface area (Å²) in [7, 11) is 0. The Morgan fingerprint density at radius 1 is 1.19 bits per heavy atom. The molecule has 114 valence electrons. The summed E-state index contributed by atoms with van der Waals surface area (Å²) < 4.78 is 1.44. The molecule has 0 bridgehead atoms. The number of nitrogens with one attached hydrogen (secondary N) is 1. The van der Waals surface area contributed by atoms with Gasteiger partial charge in [-0.2, -0.15) is 0 Å². The highest BCUT2D eigenvalue weighted by molar-refractivity contribution is 7.17. The molecule has 0 amide bonds. The van der Waals surface area contributed by atoms with Gasteiger partial charge in [0.1, 0.15) is 0 Å². The number of fused-ring (bicyclic) bond motifs is 1. The molecule has 1 aliphatic rings. The van der Waals surface area contributed by atoms with Crippen LogP contribution in [-0.2, 0) is 6.42 Å². The Bertz CT molecular complexity index is 578. The Hall–Kier alpha value is -0.860. The van der Waals surface area contributed by atoms with Gasteiger partial charge in [0.2, 0.25) is 0 Å². The molecule has 0 radical (unpaired) electrons. The number of hydrogen-bond acceptors (Lipinski definition) is 2. The third-order valence-electron chi connectivity index (χ3n) is 4.84. The lowest BCUT2D eigenvalue weighted by Crippen LogP contribution is -2.35. The van der Waals surface area contributed by atoms with Crippen LogP contribution in [-0.4, -0.2) is 13.1 Å². The van der Waals surface area contributed by atoms with Gasteiger partial charge in [-0.3, -0.25) is 0 Å². The van der Waals surface area contributed by atoms with Crippen LogP contribution < -0.4 is 5.32 Å². The van der Waals surface area contributed by atoms with Crippen molar-refractivity contribution < 1.29 is 0 Å². The van der Waals surface area contributed by atoms with Crippen LogP contribution in [0, 0.1) is 11.3 Å². The summed E-state index contributed by atoms with van der Waals surface area (Å²) in [5, 5.41) is 7.61. The van der Waals surface area contributed by atoms with Crippen molar-refractivity contribution in [2.24, 2.45) is 11.3 Å². The highest BCUT2D eigenvalue weighted by atomic mass is 32.1. The summed E-state index contributed by atoms with van der Waals surface area (Å²) in [6, 6.07) is 8.88. The van der Waals surface area contributed by atoms with Crippen molar-refractivity contribution in [1.82, 2.24) is 5.32 Å². The lowest BCUT2D eigenvalue weighted by Gasteiger charge is -2.30. The molecule has 1 nitrogen and oxygen atoms in total. The van der Waals surface area contributed by atoms with Crippen molar-refractivity contribution >= 4 is 21.4 Å². The maximum Gasteiger partial charge on any atom is 0.0345 e. The molecule has 1 aromatic heterocycles. The SMILES string of the molecule is CC(C)CNCC1(Cc2csc3ccccc23)CCCC1. The van der Waals surface area contributed by atoms with Gasteiger partial charge >= 0.3 is 0 Å². The quantitative estimate of drug-likeness (QED) is 0.768. The molecule has 3 rings (SSSR count). The van der Waals surface area contributed by atoms with Crippen molar-refractivity contribution in [3.8, 4) is 0 Å². The molecule has 0 unspecified atom stereocenters. The van der Waals surface area contributed by atoms with Gasteiger partial charge in [-0.15, -0.1) is 11.3 Å². The molecule has 1 heterocycles. The van der Waals surface area contributed by atoms with E-state index >= 15 is 0 Å². The van der Waals surface area contributed by atoms with Crippen LogP contribution in [0.15, 0.2) is 29.6 Å². The molecule has 2 aromatic rings. The monoisotopic (exact) mass is 301 g/mol. The van der Waals surface area contributed by atoms with Gasteiger partial charge < -0.3 is 5.32 Å². The fourth-order valence-electron chi connectivity index (χ4n) is 3.74. The zero-order chi connectivity index (χ0) is 14.7. The molecule has 1 saturated carbocycles. The van der Waals surface area contributed by atoms with Crippen LogP contribution in [0.3, 0.4) is 0 Å². The van der Waals surface area contributed by atoms with Gasteiger partial charge in [-0.1, -0.05) is 44.9 Å². The second-order valence-electron chi connectivity index (χ2n) is 7.17. The minimum absolute atomic E-state index is 0.499. The number of thiophene rings is 1. The fraction of sp³-hybridized carbons (Fsp3) is 0.579. The van der Waals surface area contributed by atoms with Crippen LogP contribution in [0.5, 0.6) is 0 Å². The van der Waals surface area contributed by atoms with Gasteiger partial charge in [0.05, 0.1) is 0 Å². The third-order valence-corrected chi connectivity index (χ3v) is 5.86. The van der Waals surface area contributed by atoms with Gasteiger partial charge in [0.15, 0.2) is 0 Å². The lowest BCUT2D eigenvalue weighted by atomic mass is 9.79. The topological polar surface area (TPSA) is 12.0 Å². The van der Waals surface area contributed by atoms with E-state index in [1.54, 1.807) is 5.56 Å². The first-order valence-electron chi connectivity index (χ1n) is 8.34. The maximum absolute atomic E-state index is 3.73. The Morgan fingerprint density at radius 2 is 1.95 bits per heavy atom. The van der Waals surface area contributed by atoms with Crippen molar-refractivity contribution in [3.63, 3.8) is 0 Å². The van der Waals surface area contributed by atoms with E-state index in [0.29, 0.717) is 5.41 Å². The van der Waals surface area contributed by atoms with E-state index in [1.807, 2.05) is 11.3 Å². The van der Waals surface area contributed by atoms with Crippen molar-refractivity contribution in [2.75, 3.05) is 13.1 Å². The van der Waals surface area contributed by atoms with Gasteiger partial charge in [-0.05, 0) is 59.5 Å². The summed E-state index contributed by atoms with van der Waals surface area (Å²) in [6.07, 6.45) is 6.85. The zero-order valence-electron chi connectivity index (χ0n) is 13.3. The van der Waals surface area contributed by atoms with E-state index in [2.05, 4.69) is 48.8 Å². The van der Waals surface area contributed by atoms with Crippen LogP contribution in [0.25, 0.3) is 10.1 Å². The largest absolute Gasteiger partial charge is 0.316 e. The number of hydrogen-bond donors (Lipinski definition) is 1. The molecule has 0 atom stereocenters. The Balaban J connectivity index is 1.75. The maximum atomic E-state index is 3.73. The smallest absolute Gasteiger partial charge is 0.0345 e.